The summed E-state index contributed by atoms with van der Waals surface area (Å²) in [6.45, 7) is 3.24. The van der Waals surface area contributed by atoms with E-state index < -0.39 is 0 Å². The Balaban J connectivity index is 1.91. The van der Waals surface area contributed by atoms with Gasteiger partial charge in [-0.2, -0.15) is 0 Å². The Morgan fingerprint density at radius 1 is 1.18 bits per heavy atom. The van der Waals surface area contributed by atoms with E-state index in [0.717, 1.165) is 19.4 Å². The van der Waals surface area contributed by atoms with E-state index in [1.54, 1.807) is 0 Å². The van der Waals surface area contributed by atoms with Crippen LogP contribution in [0.5, 0.6) is 0 Å². The third-order valence-corrected chi connectivity index (χ3v) is 3.93. The molecule has 1 unspecified atom stereocenters. The number of nitrogens with two attached hydrogens (primary N) is 1. The van der Waals surface area contributed by atoms with Crippen molar-refractivity contribution in [1.29, 1.82) is 0 Å². The van der Waals surface area contributed by atoms with Gasteiger partial charge in [-0.15, -0.1) is 0 Å². The lowest BCUT2D eigenvalue weighted by Crippen LogP contribution is -2.30. The van der Waals surface area contributed by atoms with Gasteiger partial charge in [-0.25, -0.2) is 0 Å². The van der Waals surface area contributed by atoms with Crippen LogP contribution in [0.25, 0.3) is 0 Å². The molecule has 2 nitrogen and oxygen atoms in total. The van der Waals surface area contributed by atoms with Crippen molar-refractivity contribution in [3.63, 3.8) is 0 Å². The molecule has 0 amide bonds. The van der Waals surface area contributed by atoms with Crippen LogP contribution >= 0.6 is 0 Å². The molecular formula is C15H24N2. The molecule has 1 aromatic rings. The van der Waals surface area contributed by atoms with E-state index in [-0.39, 0.29) is 0 Å². The normalized spacial score (nSPS) is 24.5. The second-order valence-corrected chi connectivity index (χ2v) is 5.31. The van der Waals surface area contributed by atoms with Crippen LogP contribution in [0.1, 0.15) is 37.3 Å². The monoisotopic (exact) mass is 232 g/mol. The summed E-state index contributed by atoms with van der Waals surface area (Å²) in [7, 11) is 2.22. The Morgan fingerprint density at radius 3 is 2.35 bits per heavy atom. The van der Waals surface area contributed by atoms with Crippen molar-refractivity contribution in [2.75, 3.05) is 7.05 Å². The average Bonchev–Trinajstić information content (AvgIpc) is 2.77. The zero-order valence-electron chi connectivity index (χ0n) is 11.0. The molecule has 0 aromatic heterocycles. The fourth-order valence-electron chi connectivity index (χ4n) is 2.69. The van der Waals surface area contributed by atoms with Gasteiger partial charge in [0, 0.05) is 18.6 Å². The van der Waals surface area contributed by atoms with Gasteiger partial charge in [0.25, 0.3) is 0 Å². The van der Waals surface area contributed by atoms with Crippen molar-refractivity contribution in [2.45, 2.75) is 51.2 Å². The van der Waals surface area contributed by atoms with Crippen LogP contribution in [0.3, 0.4) is 0 Å². The van der Waals surface area contributed by atoms with E-state index in [4.69, 9.17) is 5.73 Å². The molecular weight excluding hydrogens is 208 g/mol. The topological polar surface area (TPSA) is 29.3 Å². The molecule has 0 spiro atoms. The molecule has 0 heterocycles. The SMILES string of the molecule is CCc1ccc(CN(C)[C@@H]2CCC(N)C2)cc1. The van der Waals surface area contributed by atoms with Crippen molar-refractivity contribution in [3.05, 3.63) is 35.4 Å². The molecule has 2 N–H and O–H groups in total. The highest BCUT2D eigenvalue weighted by Crippen LogP contribution is 2.23. The molecule has 1 aromatic carbocycles. The highest BCUT2D eigenvalue weighted by Gasteiger charge is 2.24. The van der Waals surface area contributed by atoms with Gasteiger partial charge in [-0.3, -0.25) is 4.90 Å². The molecule has 94 valence electrons. The molecule has 0 radical (unpaired) electrons. The molecule has 1 saturated carbocycles. The zero-order chi connectivity index (χ0) is 12.3. The average molecular weight is 232 g/mol. The Morgan fingerprint density at radius 2 is 1.82 bits per heavy atom. The number of aryl methyl sites for hydroxylation is 1. The minimum absolute atomic E-state index is 0.421. The molecule has 0 saturated heterocycles. The highest BCUT2D eigenvalue weighted by atomic mass is 15.1. The van der Waals surface area contributed by atoms with Crippen LogP contribution in [0.2, 0.25) is 0 Å². The van der Waals surface area contributed by atoms with Crippen molar-refractivity contribution >= 4 is 0 Å². The van der Waals surface area contributed by atoms with Gasteiger partial charge in [0.15, 0.2) is 0 Å². The largest absolute Gasteiger partial charge is 0.328 e. The number of rotatable bonds is 4. The maximum absolute atomic E-state index is 5.97. The van der Waals surface area contributed by atoms with Crippen LogP contribution in [0, 0.1) is 0 Å². The van der Waals surface area contributed by atoms with E-state index in [9.17, 15) is 0 Å². The van der Waals surface area contributed by atoms with Gasteiger partial charge in [-0.05, 0) is 43.9 Å². The molecule has 0 bridgehead atoms. The van der Waals surface area contributed by atoms with E-state index >= 15 is 0 Å². The van der Waals surface area contributed by atoms with Crippen LogP contribution in [-0.4, -0.2) is 24.0 Å². The summed E-state index contributed by atoms with van der Waals surface area (Å²) in [5.41, 5.74) is 8.79. The van der Waals surface area contributed by atoms with Crippen LogP contribution < -0.4 is 5.73 Å². The Labute approximate surface area is 105 Å². The summed E-state index contributed by atoms with van der Waals surface area (Å²) in [6.07, 6.45) is 4.71. The van der Waals surface area contributed by atoms with Gasteiger partial charge < -0.3 is 5.73 Å². The summed E-state index contributed by atoms with van der Waals surface area (Å²) < 4.78 is 0. The predicted octanol–water partition coefficient (Wildman–Crippen LogP) is 2.56. The molecule has 1 aliphatic carbocycles. The van der Waals surface area contributed by atoms with Crippen molar-refractivity contribution in [3.8, 4) is 0 Å². The number of benzene rings is 1. The van der Waals surface area contributed by atoms with Gasteiger partial charge >= 0.3 is 0 Å². The molecule has 17 heavy (non-hydrogen) atoms. The van der Waals surface area contributed by atoms with Crippen molar-refractivity contribution in [2.24, 2.45) is 5.73 Å². The van der Waals surface area contributed by atoms with Crippen molar-refractivity contribution in [1.82, 2.24) is 4.90 Å². The first-order valence-electron chi connectivity index (χ1n) is 6.72. The summed E-state index contributed by atoms with van der Waals surface area (Å²) in [4.78, 5) is 2.45. The van der Waals surface area contributed by atoms with Crippen LogP contribution in [-0.2, 0) is 13.0 Å². The van der Waals surface area contributed by atoms with Crippen LogP contribution in [0.4, 0.5) is 0 Å². The fraction of sp³-hybridized carbons (Fsp3) is 0.600. The first kappa shape index (κ1) is 12.6. The van der Waals surface area contributed by atoms with Gasteiger partial charge in [0.05, 0.1) is 0 Å². The number of nitrogens with zero attached hydrogens (tertiary/aromatic N) is 1. The van der Waals surface area contributed by atoms with Crippen LogP contribution in [0.15, 0.2) is 24.3 Å². The molecule has 1 fully saturated rings. The smallest absolute Gasteiger partial charge is 0.0233 e. The highest BCUT2D eigenvalue weighted by molar-refractivity contribution is 5.22. The Kier molecular flexibility index (Phi) is 4.19. The molecule has 0 aliphatic heterocycles. The first-order chi connectivity index (χ1) is 8.19. The van der Waals surface area contributed by atoms with Gasteiger partial charge in [-0.1, -0.05) is 31.2 Å². The fourth-order valence-corrected chi connectivity index (χ4v) is 2.69. The lowest BCUT2D eigenvalue weighted by Gasteiger charge is -2.24. The van der Waals surface area contributed by atoms with Gasteiger partial charge in [0.1, 0.15) is 0 Å². The zero-order valence-corrected chi connectivity index (χ0v) is 11.0. The van der Waals surface area contributed by atoms with Gasteiger partial charge in [0.2, 0.25) is 0 Å². The summed E-state index contributed by atoms with van der Waals surface area (Å²) in [6, 6.07) is 10.1. The molecule has 2 heteroatoms. The second-order valence-electron chi connectivity index (χ2n) is 5.31. The third-order valence-electron chi connectivity index (χ3n) is 3.93. The van der Waals surface area contributed by atoms with E-state index in [2.05, 4.69) is 43.1 Å². The van der Waals surface area contributed by atoms with E-state index in [1.165, 1.54) is 24.0 Å². The third kappa shape index (κ3) is 3.30. The minimum atomic E-state index is 0.421. The maximum Gasteiger partial charge on any atom is 0.0233 e. The maximum atomic E-state index is 5.97. The number of hydrogen-bond donors (Lipinski definition) is 1. The first-order valence-corrected chi connectivity index (χ1v) is 6.72. The summed E-state index contributed by atoms with van der Waals surface area (Å²) in [5.74, 6) is 0. The molecule has 2 atom stereocenters. The summed E-state index contributed by atoms with van der Waals surface area (Å²) >= 11 is 0. The minimum Gasteiger partial charge on any atom is -0.328 e. The lowest BCUT2D eigenvalue weighted by atomic mass is 10.1. The quantitative estimate of drug-likeness (QED) is 0.864. The predicted molar refractivity (Wildman–Crippen MR) is 72.9 cm³/mol. The van der Waals surface area contributed by atoms with E-state index in [0.29, 0.717) is 12.1 Å². The van der Waals surface area contributed by atoms with E-state index in [1.807, 2.05) is 0 Å². The standard InChI is InChI=1S/C15H24N2/c1-3-12-4-6-13(7-5-12)11-17(2)15-9-8-14(16)10-15/h4-7,14-15H,3,8-11,16H2,1-2H3/t14?,15-/m1/s1. The second kappa shape index (κ2) is 5.65. The lowest BCUT2D eigenvalue weighted by molar-refractivity contribution is 0.235. The Hall–Kier alpha value is -0.860. The number of hydrogen-bond acceptors (Lipinski definition) is 2. The van der Waals surface area contributed by atoms with Crippen molar-refractivity contribution < 1.29 is 0 Å². The Bertz CT molecular complexity index is 344. The molecule has 1 aliphatic rings. The molecule has 2 rings (SSSR count). The summed E-state index contributed by atoms with van der Waals surface area (Å²) in [5, 5.41) is 0.